The molecule has 20 heteroatoms. The lowest BCUT2D eigenvalue weighted by Gasteiger charge is -2.35. The molecule has 7 aromatic rings. The van der Waals surface area contributed by atoms with Gasteiger partial charge in [-0.05, 0) is 164 Å². The Balaban J connectivity index is 0.000000235. The molecule has 0 unspecified atom stereocenters. The Morgan fingerprint density at radius 2 is 1.40 bits per heavy atom. The van der Waals surface area contributed by atoms with Gasteiger partial charge in [0.05, 0.1) is 58.5 Å². The van der Waals surface area contributed by atoms with Gasteiger partial charge in [-0.25, -0.2) is 9.59 Å². The Bertz CT molecular complexity index is 3530. The van der Waals surface area contributed by atoms with Gasteiger partial charge in [0.25, 0.3) is 11.5 Å². The number of anilines is 2. The summed E-state index contributed by atoms with van der Waals surface area (Å²) in [5.41, 5.74) is 5.78. The average molecular weight is 1150 g/mol. The van der Waals surface area contributed by atoms with Gasteiger partial charge in [-0.1, -0.05) is 0 Å². The van der Waals surface area contributed by atoms with Gasteiger partial charge < -0.3 is 38.3 Å². The lowest BCUT2D eigenvalue weighted by Crippen LogP contribution is -2.49. The van der Waals surface area contributed by atoms with E-state index in [4.69, 9.17) is 14.6 Å². The van der Waals surface area contributed by atoms with Crippen molar-refractivity contribution in [3.63, 3.8) is 0 Å². The Hall–Kier alpha value is -7.06. The average Bonchev–Trinajstić information content (AvgIpc) is 4.06. The number of nitrogens with one attached hydrogen (secondary N) is 2. The maximum atomic E-state index is 13.4. The summed E-state index contributed by atoms with van der Waals surface area (Å²) in [6, 6.07) is 12.2. The molecule has 5 amide bonds. The third-order valence-corrected chi connectivity index (χ3v) is 17.5. The van der Waals surface area contributed by atoms with E-state index in [1.807, 2.05) is 64.0 Å². The number of fused-ring (bicyclic) bond motifs is 3. The number of carbonyl (C=O) groups is 4. The third-order valence-electron chi connectivity index (χ3n) is 16.9. The van der Waals surface area contributed by atoms with Crippen LogP contribution in [0.25, 0.3) is 32.7 Å². The number of likely N-dealkylation sites (tertiary alicyclic amines) is 2. The van der Waals surface area contributed by atoms with Gasteiger partial charge in [0.1, 0.15) is 17.0 Å². The zero-order valence-electron chi connectivity index (χ0n) is 46.8. The number of ether oxygens (including phenoxy) is 2. The number of aryl methyl sites for hydroxylation is 2. The maximum absolute atomic E-state index is 13.4. The number of hydrogen-bond donors (Lipinski definition) is 2. The lowest BCUT2D eigenvalue weighted by molar-refractivity contribution is -0.120. The maximum Gasteiger partial charge on any atom is 0.410 e. The molecule has 0 atom stereocenters. The SMILES string of the molecule is COc1cc2nn(C3CCC(CCN4CCC(n5ccc6c(N7CCC(=O)NC7=O)cnc(C)c65)CC4)CC3)cc2cc1C(=O)Nc1cccn(C2CC2)c1=O.Cc1ncc(Br)c2ccn(C3CCN(C(=O)OC(C)(C)C)CC3)c12. The molecule has 80 heavy (non-hydrogen) atoms. The molecule has 3 saturated heterocycles. The fourth-order valence-electron chi connectivity index (χ4n) is 12.4. The quantitative estimate of drug-likeness (QED) is 0.125. The Morgan fingerprint density at radius 3 is 2.06 bits per heavy atom. The second-order valence-electron chi connectivity index (χ2n) is 23.4. The minimum atomic E-state index is -0.445. The van der Waals surface area contributed by atoms with Crippen LogP contribution < -0.4 is 25.8 Å². The molecule has 5 fully saturated rings. The van der Waals surface area contributed by atoms with Gasteiger partial charge in [-0.15, -0.1) is 0 Å². The fourth-order valence-corrected chi connectivity index (χ4v) is 12.8. The number of methoxy groups -OCH3 is 1. The van der Waals surface area contributed by atoms with E-state index in [-0.39, 0.29) is 47.6 Å². The van der Waals surface area contributed by atoms with Gasteiger partial charge in [0.15, 0.2) is 0 Å². The first-order valence-corrected chi connectivity index (χ1v) is 29.3. The molecular weight excluding hydrogens is 1080 g/mol. The number of pyridine rings is 3. The van der Waals surface area contributed by atoms with Crippen molar-refractivity contribution < 1.29 is 28.7 Å². The van der Waals surface area contributed by atoms with Crippen molar-refractivity contribution in [1.82, 2.24) is 48.6 Å². The summed E-state index contributed by atoms with van der Waals surface area (Å²) < 4.78 is 20.6. The van der Waals surface area contributed by atoms with Crippen molar-refractivity contribution in [2.75, 3.05) is 56.6 Å². The number of halogens is 1. The largest absolute Gasteiger partial charge is 0.496 e. The van der Waals surface area contributed by atoms with Crippen LogP contribution in [0.3, 0.4) is 0 Å². The van der Waals surface area contributed by atoms with Crippen LogP contribution in [0.2, 0.25) is 0 Å². The van der Waals surface area contributed by atoms with Crippen molar-refractivity contribution in [1.29, 1.82) is 0 Å². The van der Waals surface area contributed by atoms with E-state index in [2.05, 4.69) is 79.8 Å². The fraction of sp³-hybridized carbons (Fsp3) is 0.500. The number of benzene rings is 1. The number of amides is 5. The molecular formula is C60H73BrN12O7. The van der Waals surface area contributed by atoms with Crippen LogP contribution >= 0.6 is 15.9 Å². The highest BCUT2D eigenvalue weighted by Gasteiger charge is 2.32. The molecule has 2 aliphatic carbocycles. The molecule has 2 N–H and O–H groups in total. The Kier molecular flexibility index (Phi) is 15.7. The van der Waals surface area contributed by atoms with Crippen molar-refractivity contribution >= 4 is 84.0 Å². The van der Waals surface area contributed by atoms with Crippen molar-refractivity contribution in [3.05, 3.63) is 105 Å². The first-order valence-electron chi connectivity index (χ1n) is 28.5. The van der Waals surface area contributed by atoms with Crippen LogP contribution in [0.5, 0.6) is 5.75 Å². The number of carbonyl (C=O) groups excluding carboxylic acids is 4. The molecule has 0 spiro atoms. The number of rotatable bonds is 11. The third kappa shape index (κ3) is 11.6. The van der Waals surface area contributed by atoms with Crippen LogP contribution in [0.4, 0.5) is 21.0 Å². The van der Waals surface area contributed by atoms with Crippen molar-refractivity contribution in [3.8, 4) is 5.75 Å². The highest BCUT2D eigenvalue weighted by atomic mass is 79.9. The van der Waals surface area contributed by atoms with E-state index in [1.54, 1.807) is 41.1 Å². The summed E-state index contributed by atoms with van der Waals surface area (Å²) in [7, 11) is 1.55. The summed E-state index contributed by atoms with van der Waals surface area (Å²) in [6.45, 7) is 14.8. The number of hydrogen-bond acceptors (Lipinski definition) is 11. The molecule has 422 valence electrons. The molecule has 6 aromatic heterocycles. The number of urea groups is 1. The molecule has 9 heterocycles. The van der Waals surface area contributed by atoms with E-state index < -0.39 is 5.60 Å². The van der Waals surface area contributed by atoms with Crippen LogP contribution in [0.1, 0.15) is 144 Å². The van der Waals surface area contributed by atoms with Crippen molar-refractivity contribution in [2.24, 2.45) is 5.92 Å². The summed E-state index contributed by atoms with van der Waals surface area (Å²) >= 11 is 3.58. The zero-order valence-corrected chi connectivity index (χ0v) is 48.3. The number of aromatic nitrogens is 7. The number of nitrogens with zero attached hydrogens (tertiary/aromatic N) is 10. The van der Waals surface area contributed by atoms with Gasteiger partial charge >= 0.3 is 12.1 Å². The molecule has 0 radical (unpaired) electrons. The molecule has 5 aliphatic rings. The van der Waals surface area contributed by atoms with Crippen LogP contribution in [-0.4, -0.2) is 119 Å². The summed E-state index contributed by atoms with van der Waals surface area (Å²) in [5.74, 6) is 0.499. The summed E-state index contributed by atoms with van der Waals surface area (Å²) in [6.07, 6.45) is 23.4. The zero-order chi connectivity index (χ0) is 56.0. The molecule has 2 saturated carbocycles. The van der Waals surface area contributed by atoms with Gasteiger partial charge in [-0.3, -0.25) is 39.3 Å². The van der Waals surface area contributed by atoms with E-state index in [1.165, 1.54) is 17.3 Å². The molecule has 19 nitrogen and oxygen atoms in total. The number of imide groups is 1. The minimum absolute atomic E-state index is 0.186. The van der Waals surface area contributed by atoms with Gasteiger partial charge in [0, 0.05) is 115 Å². The van der Waals surface area contributed by atoms with Crippen molar-refractivity contribution in [2.45, 2.75) is 141 Å². The van der Waals surface area contributed by atoms with Crippen LogP contribution in [-0.2, 0) is 9.53 Å². The lowest BCUT2D eigenvalue weighted by atomic mass is 9.84. The summed E-state index contributed by atoms with van der Waals surface area (Å²) in [5, 5.41) is 13.2. The predicted molar refractivity (Wildman–Crippen MR) is 312 cm³/mol. The minimum Gasteiger partial charge on any atom is -0.496 e. The smallest absolute Gasteiger partial charge is 0.410 e. The van der Waals surface area contributed by atoms with Crippen LogP contribution in [0, 0.1) is 19.8 Å². The Labute approximate surface area is 474 Å². The van der Waals surface area contributed by atoms with E-state index in [0.717, 1.165) is 140 Å². The van der Waals surface area contributed by atoms with E-state index in [9.17, 15) is 24.0 Å². The second-order valence-corrected chi connectivity index (χ2v) is 24.3. The van der Waals surface area contributed by atoms with Crippen LogP contribution in [0.15, 0.2) is 82.8 Å². The van der Waals surface area contributed by atoms with E-state index >= 15 is 0 Å². The highest BCUT2D eigenvalue weighted by molar-refractivity contribution is 9.10. The van der Waals surface area contributed by atoms with E-state index in [0.29, 0.717) is 41.9 Å². The normalized spacial score (nSPS) is 19.8. The first-order chi connectivity index (χ1) is 38.5. The second kappa shape index (κ2) is 22.8. The van der Waals surface area contributed by atoms with Gasteiger partial charge in [0.2, 0.25) is 5.91 Å². The first kappa shape index (κ1) is 54.9. The predicted octanol–water partition coefficient (Wildman–Crippen LogP) is 11.0. The Morgan fingerprint density at radius 1 is 0.762 bits per heavy atom. The standard InChI is InChI=1S/C42H49N9O5.C18H24BrN3O2/c1-26-39-32(36(24-43-26)50-21-15-38(52)45-42(50)55)14-20-48(39)30-12-18-47(19-13-30)17-11-27-5-7-31(8-6-27)51-25-28-22-33(37(56-2)23-35(28)46-51)40(53)44-34-4-3-16-49(41(34)54)29-9-10-29;1-12-16-14(15(19)11-20-12)7-10-22(16)13-5-8-21(9-6-13)17(23)24-18(2,3)4/h3-4,14,16,20,22-25,27,29-31H,5-13,15,17-19,21H2,1-2H3,(H,44,53)(H,45,52,55);7,10-11,13H,5-6,8-9H2,1-4H3. The number of piperidine rings is 2. The molecule has 3 aliphatic heterocycles. The molecule has 12 rings (SSSR count). The van der Waals surface area contributed by atoms with Gasteiger partial charge in [-0.2, -0.15) is 5.10 Å². The highest BCUT2D eigenvalue weighted by Crippen LogP contribution is 2.39. The summed E-state index contributed by atoms with van der Waals surface area (Å²) in [4.78, 5) is 78.1. The topological polar surface area (TPSA) is 196 Å². The molecule has 0 bridgehead atoms. The monoisotopic (exact) mass is 1150 g/mol. The molecule has 1 aromatic carbocycles.